The van der Waals surface area contributed by atoms with Crippen LogP contribution in [-0.2, 0) is 11.3 Å². The Labute approximate surface area is 162 Å². The Morgan fingerprint density at radius 2 is 1.96 bits per heavy atom. The summed E-state index contributed by atoms with van der Waals surface area (Å²) >= 11 is 0.843. The Kier molecular flexibility index (Phi) is 4.62. The number of aromatic nitrogens is 1. The average Bonchev–Trinajstić information content (AvgIpc) is 3.20. The number of para-hydroxylation sites is 1. The lowest BCUT2D eigenvalue weighted by Gasteiger charge is -2.06. The fourth-order valence-corrected chi connectivity index (χ4v) is 3.66. The van der Waals surface area contributed by atoms with E-state index >= 15 is 0 Å². The molecule has 0 saturated heterocycles. The molecule has 0 unspecified atom stereocenters. The topological polar surface area (TPSA) is 83.7 Å². The third-order valence-electron chi connectivity index (χ3n) is 4.17. The minimum Gasteiger partial charge on any atom is -0.493 e. The standard InChI is InChI=1S/C20H14FN3O3S/c21-13-5-7-14(8-6-13)23-18(25)11-24-19(26)17(28-20(24)27)9-12-10-22-16-4-2-1-3-15(12)16/h1-10,26H,11H2,(H,23,25). The van der Waals surface area contributed by atoms with E-state index in [9.17, 15) is 19.1 Å². The fraction of sp³-hybridized carbons (Fsp3) is 0.0500. The van der Waals surface area contributed by atoms with Crippen molar-refractivity contribution in [1.82, 2.24) is 4.57 Å². The maximum Gasteiger partial charge on any atom is 0.311 e. The second-order valence-electron chi connectivity index (χ2n) is 6.07. The lowest BCUT2D eigenvalue weighted by molar-refractivity contribution is -0.116. The first-order valence-electron chi connectivity index (χ1n) is 8.34. The summed E-state index contributed by atoms with van der Waals surface area (Å²) in [5, 5.41) is 13.0. The molecule has 0 radical (unpaired) electrons. The minimum atomic E-state index is -0.506. The predicted octanol–water partition coefficient (Wildman–Crippen LogP) is 3.65. The molecule has 4 rings (SSSR count). The maximum absolute atomic E-state index is 12.9. The zero-order valence-electron chi connectivity index (χ0n) is 14.4. The summed E-state index contributed by atoms with van der Waals surface area (Å²) in [6.45, 7) is -0.355. The van der Waals surface area contributed by atoms with E-state index in [1.807, 2.05) is 24.3 Å². The van der Waals surface area contributed by atoms with E-state index in [0.717, 1.165) is 32.7 Å². The van der Waals surface area contributed by atoms with Gasteiger partial charge in [0.1, 0.15) is 12.4 Å². The molecular formula is C20H14FN3O3S. The summed E-state index contributed by atoms with van der Waals surface area (Å²) in [7, 11) is 0. The van der Waals surface area contributed by atoms with E-state index in [1.165, 1.54) is 24.3 Å². The van der Waals surface area contributed by atoms with Crippen molar-refractivity contribution in [3.05, 3.63) is 74.5 Å². The minimum absolute atomic E-state index is 0.283. The van der Waals surface area contributed by atoms with Gasteiger partial charge in [-0.3, -0.25) is 19.1 Å². The molecule has 1 aliphatic rings. The number of aliphatic imine (C=N–C) groups is 1. The van der Waals surface area contributed by atoms with Crippen LogP contribution in [0.15, 0.2) is 58.3 Å². The number of aromatic hydroxyl groups is 1. The number of carbonyl (C=O) groups excluding carboxylic acids is 1. The van der Waals surface area contributed by atoms with E-state index < -0.39 is 16.6 Å². The summed E-state index contributed by atoms with van der Waals surface area (Å²) < 4.78 is 13.9. The molecule has 6 nitrogen and oxygen atoms in total. The van der Waals surface area contributed by atoms with E-state index in [4.69, 9.17) is 0 Å². The number of halogens is 1. The van der Waals surface area contributed by atoms with Gasteiger partial charge in [-0.25, -0.2) is 4.39 Å². The van der Waals surface area contributed by atoms with Crippen LogP contribution < -0.4 is 10.2 Å². The molecule has 0 saturated carbocycles. The summed E-state index contributed by atoms with van der Waals surface area (Å²) in [5.74, 6) is -1.21. The van der Waals surface area contributed by atoms with Gasteiger partial charge in [0.25, 0.3) is 0 Å². The number of benzene rings is 2. The second-order valence-corrected chi connectivity index (χ2v) is 7.07. The molecule has 2 heterocycles. The Hall–Kier alpha value is -3.52. The lowest BCUT2D eigenvalue weighted by Crippen LogP contribution is -2.24. The molecule has 2 aromatic carbocycles. The first-order chi connectivity index (χ1) is 13.5. The molecule has 0 aliphatic carbocycles. The number of carbonyl (C=O) groups is 1. The molecular weight excluding hydrogens is 381 g/mol. The van der Waals surface area contributed by atoms with Gasteiger partial charge in [-0.1, -0.05) is 29.5 Å². The smallest absolute Gasteiger partial charge is 0.311 e. The molecule has 1 aromatic heterocycles. The summed E-state index contributed by atoms with van der Waals surface area (Å²) in [6, 6.07) is 12.8. The van der Waals surface area contributed by atoms with Crippen molar-refractivity contribution >= 4 is 46.5 Å². The molecule has 0 atom stereocenters. The van der Waals surface area contributed by atoms with Crippen molar-refractivity contribution in [3.8, 4) is 5.88 Å². The van der Waals surface area contributed by atoms with Crippen molar-refractivity contribution < 1.29 is 14.3 Å². The van der Waals surface area contributed by atoms with Gasteiger partial charge in [-0.2, -0.15) is 0 Å². The van der Waals surface area contributed by atoms with Crippen molar-refractivity contribution in [2.24, 2.45) is 4.99 Å². The molecule has 3 aromatic rings. The fourth-order valence-electron chi connectivity index (χ4n) is 2.82. The Morgan fingerprint density at radius 1 is 1.21 bits per heavy atom. The number of hydrogen-bond acceptors (Lipinski definition) is 5. The van der Waals surface area contributed by atoms with Crippen LogP contribution in [0.5, 0.6) is 5.88 Å². The largest absolute Gasteiger partial charge is 0.493 e. The normalized spacial score (nSPS) is 13.7. The molecule has 1 amide bonds. The first kappa shape index (κ1) is 17.9. The summed E-state index contributed by atoms with van der Waals surface area (Å²) in [4.78, 5) is 28.6. The SMILES string of the molecule is O=C(Cn1c(O)c(C=C2C=Nc3ccccc32)sc1=O)Nc1ccc(F)cc1. The summed E-state index contributed by atoms with van der Waals surface area (Å²) in [6.07, 6.45) is 3.34. The van der Waals surface area contributed by atoms with E-state index in [-0.39, 0.29) is 12.4 Å². The van der Waals surface area contributed by atoms with Gasteiger partial charge in [-0.05, 0) is 36.4 Å². The molecule has 28 heavy (non-hydrogen) atoms. The number of nitrogens with one attached hydrogen (secondary N) is 1. The van der Waals surface area contributed by atoms with E-state index in [0.29, 0.717) is 10.6 Å². The number of allylic oxidation sites excluding steroid dienone is 1. The van der Waals surface area contributed by atoms with E-state index in [2.05, 4.69) is 10.3 Å². The molecule has 140 valence electrons. The van der Waals surface area contributed by atoms with Crippen LogP contribution in [0, 0.1) is 5.82 Å². The highest BCUT2D eigenvalue weighted by molar-refractivity contribution is 7.10. The highest BCUT2D eigenvalue weighted by Crippen LogP contribution is 2.34. The van der Waals surface area contributed by atoms with Crippen LogP contribution in [0.1, 0.15) is 10.4 Å². The third kappa shape index (κ3) is 3.49. The van der Waals surface area contributed by atoms with Gasteiger partial charge in [-0.15, -0.1) is 0 Å². The van der Waals surface area contributed by atoms with Gasteiger partial charge < -0.3 is 10.4 Å². The number of nitrogens with zero attached hydrogens (tertiary/aromatic N) is 2. The second kappa shape index (κ2) is 7.24. The number of fused-ring (bicyclic) bond motifs is 1. The van der Waals surface area contributed by atoms with Crippen molar-refractivity contribution in [1.29, 1.82) is 0 Å². The van der Waals surface area contributed by atoms with Crippen LogP contribution >= 0.6 is 11.3 Å². The number of thiazole rings is 1. The maximum atomic E-state index is 12.9. The highest BCUT2D eigenvalue weighted by Gasteiger charge is 2.18. The third-order valence-corrected chi connectivity index (χ3v) is 5.08. The van der Waals surface area contributed by atoms with Crippen molar-refractivity contribution in [3.63, 3.8) is 0 Å². The quantitative estimate of drug-likeness (QED) is 0.707. The van der Waals surface area contributed by atoms with Crippen LogP contribution in [-0.4, -0.2) is 21.8 Å². The predicted molar refractivity (Wildman–Crippen MR) is 108 cm³/mol. The van der Waals surface area contributed by atoms with Crippen LogP contribution in [0.3, 0.4) is 0 Å². The van der Waals surface area contributed by atoms with Crippen LogP contribution in [0.4, 0.5) is 15.8 Å². The highest BCUT2D eigenvalue weighted by atomic mass is 32.1. The van der Waals surface area contributed by atoms with Gasteiger partial charge in [0.2, 0.25) is 11.8 Å². The summed E-state index contributed by atoms with van der Waals surface area (Å²) in [5.41, 5.74) is 2.90. The molecule has 1 aliphatic heterocycles. The van der Waals surface area contributed by atoms with Gasteiger partial charge >= 0.3 is 4.87 Å². The lowest BCUT2D eigenvalue weighted by atomic mass is 10.1. The zero-order valence-corrected chi connectivity index (χ0v) is 15.2. The van der Waals surface area contributed by atoms with Crippen LogP contribution in [0.2, 0.25) is 0 Å². The first-order valence-corrected chi connectivity index (χ1v) is 9.16. The van der Waals surface area contributed by atoms with Gasteiger partial charge in [0.05, 0.1) is 10.6 Å². The number of hydrogen-bond donors (Lipinski definition) is 2. The molecule has 2 N–H and O–H groups in total. The average molecular weight is 395 g/mol. The van der Waals surface area contributed by atoms with Crippen molar-refractivity contribution in [2.45, 2.75) is 6.54 Å². The zero-order chi connectivity index (χ0) is 19.7. The van der Waals surface area contributed by atoms with Gasteiger partial charge in [0, 0.05) is 23.0 Å². The number of rotatable bonds is 4. The number of amides is 1. The van der Waals surface area contributed by atoms with E-state index in [1.54, 1.807) is 12.3 Å². The van der Waals surface area contributed by atoms with Crippen molar-refractivity contribution in [2.75, 3.05) is 5.32 Å². The Morgan fingerprint density at radius 3 is 2.75 bits per heavy atom. The molecule has 0 bridgehead atoms. The molecule has 8 heteroatoms. The molecule has 0 spiro atoms. The van der Waals surface area contributed by atoms with Crippen LogP contribution in [0.25, 0.3) is 11.6 Å². The van der Waals surface area contributed by atoms with Gasteiger partial charge in [0.15, 0.2) is 0 Å². The Bertz CT molecular complexity index is 1180. The monoisotopic (exact) mass is 395 g/mol. The molecule has 0 fully saturated rings. The number of anilines is 1. The Balaban J connectivity index is 1.56.